The lowest BCUT2D eigenvalue weighted by Crippen LogP contribution is -2.54. The molecule has 2 aromatic carbocycles. The van der Waals surface area contributed by atoms with Crippen molar-refractivity contribution in [2.75, 3.05) is 33.4 Å². The highest BCUT2D eigenvalue weighted by atomic mass is 19.1. The third-order valence-electron chi connectivity index (χ3n) is 6.98. The second kappa shape index (κ2) is 10.7. The van der Waals surface area contributed by atoms with Gasteiger partial charge in [-0.3, -0.25) is 20.4 Å². The molecule has 1 saturated carbocycles. The lowest BCUT2D eigenvalue weighted by molar-refractivity contribution is 0.0751. The molecule has 0 unspecified atom stereocenters. The van der Waals surface area contributed by atoms with Gasteiger partial charge < -0.3 is 19.3 Å². The number of carbonyl (C=O) groups is 1. The quantitative estimate of drug-likeness (QED) is 0.324. The summed E-state index contributed by atoms with van der Waals surface area (Å²) in [5.41, 5.74) is 0.819. The first-order valence-electron chi connectivity index (χ1n) is 12.5. The van der Waals surface area contributed by atoms with Gasteiger partial charge in [-0.1, -0.05) is 6.07 Å². The molecule has 0 radical (unpaired) electrons. The Kier molecular flexibility index (Phi) is 7.19. The number of nitrogens with one attached hydrogen (secondary N) is 3. The molecule has 2 heterocycles. The molecule has 38 heavy (non-hydrogen) atoms. The van der Waals surface area contributed by atoms with E-state index in [1.807, 2.05) is 6.07 Å². The van der Waals surface area contributed by atoms with Crippen molar-refractivity contribution >= 4 is 28.4 Å². The van der Waals surface area contributed by atoms with Gasteiger partial charge in [-0.2, -0.15) is 5.10 Å². The molecule has 1 aliphatic carbocycles. The molecule has 198 valence electrons. The summed E-state index contributed by atoms with van der Waals surface area (Å²) in [6.45, 7) is 0.526. The highest BCUT2D eigenvalue weighted by Gasteiger charge is 2.29. The molecule has 2 aliphatic rings. The van der Waals surface area contributed by atoms with Gasteiger partial charge in [-0.25, -0.2) is 9.49 Å². The molecule has 10 nitrogen and oxygen atoms in total. The number of amidine groups is 2. The highest BCUT2D eigenvalue weighted by molar-refractivity contribution is 6.03. The molecular formula is C27H29FN6O4. The van der Waals surface area contributed by atoms with E-state index >= 15 is 0 Å². The summed E-state index contributed by atoms with van der Waals surface area (Å²) in [5, 5.41) is 24.2. The topological polar surface area (TPSA) is 135 Å². The molecule has 1 amide bonds. The van der Waals surface area contributed by atoms with E-state index in [1.165, 1.54) is 29.0 Å². The van der Waals surface area contributed by atoms with E-state index in [-0.39, 0.29) is 61.6 Å². The van der Waals surface area contributed by atoms with Crippen molar-refractivity contribution in [2.24, 2.45) is 0 Å². The largest absolute Gasteiger partial charge is 0.490 e. The molecule has 3 aromatic rings. The van der Waals surface area contributed by atoms with Crippen LogP contribution in [0.2, 0.25) is 0 Å². The molecule has 1 aliphatic heterocycles. The second-order valence-corrected chi connectivity index (χ2v) is 9.57. The average molecular weight is 521 g/mol. The van der Waals surface area contributed by atoms with Crippen LogP contribution in [0.4, 0.5) is 4.39 Å². The van der Waals surface area contributed by atoms with E-state index in [4.69, 9.17) is 20.3 Å². The van der Waals surface area contributed by atoms with E-state index in [0.717, 1.165) is 19.3 Å². The molecule has 0 atom stereocenters. The number of nitrogens with zero attached hydrogens (tertiary/aromatic N) is 3. The van der Waals surface area contributed by atoms with Gasteiger partial charge in [0.25, 0.3) is 11.5 Å². The van der Waals surface area contributed by atoms with Crippen LogP contribution < -0.4 is 10.3 Å². The number of aromatic amines is 1. The number of carbonyl (C=O) groups excluding carboxylic acids is 1. The Hall–Kier alpha value is -4.12. The number of piperazine rings is 1. The predicted octanol–water partition coefficient (Wildman–Crippen LogP) is 2.94. The number of hydrogen-bond donors (Lipinski definition) is 3. The Morgan fingerprint density at radius 2 is 2.00 bits per heavy atom. The average Bonchev–Trinajstić information content (AvgIpc) is 2.88. The van der Waals surface area contributed by atoms with E-state index in [0.29, 0.717) is 27.8 Å². The van der Waals surface area contributed by atoms with Gasteiger partial charge in [-0.15, -0.1) is 0 Å². The summed E-state index contributed by atoms with van der Waals surface area (Å²) in [5.74, 6) is -0.296. The van der Waals surface area contributed by atoms with Crippen LogP contribution in [0.1, 0.15) is 40.9 Å². The third-order valence-corrected chi connectivity index (χ3v) is 6.98. The number of hydrogen-bond acceptors (Lipinski definition) is 7. The minimum Gasteiger partial charge on any atom is -0.490 e. The van der Waals surface area contributed by atoms with Crippen LogP contribution >= 0.6 is 0 Å². The van der Waals surface area contributed by atoms with E-state index < -0.39 is 11.7 Å². The van der Waals surface area contributed by atoms with Crippen molar-refractivity contribution in [3.05, 3.63) is 69.4 Å². The Morgan fingerprint density at radius 3 is 2.71 bits per heavy atom. The van der Waals surface area contributed by atoms with Crippen molar-refractivity contribution < 1.29 is 18.7 Å². The SMILES string of the molecule is COCC(=N)N1CCN(C(=O)c2cc(Cc3n[nH]c(=O)c4ccc(OC5CCC5)cc34)ccc2F)CC1=N. The number of rotatable bonds is 7. The van der Waals surface area contributed by atoms with Crippen LogP contribution in [-0.2, 0) is 11.2 Å². The molecular weight excluding hydrogens is 491 g/mol. The number of aromatic nitrogens is 2. The molecule has 11 heteroatoms. The summed E-state index contributed by atoms with van der Waals surface area (Å²) >= 11 is 0. The minimum atomic E-state index is -0.657. The monoisotopic (exact) mass is 520 g/mol. The van der Waals surface area contributed by atoms with Crippen LogP contribution in [0.25, 0.3) is 10.8 Å². The number of methoxy groups -OCH3 is 1. The number of H-pyrrole nitrogens is 1. The van der Waals surface area contributed by atoms with Gasteiger partial charge in [0, 0.05) is 32.0 Å². The summed E-state index contributed by atoms with van der Waals surface area (Å²) in [7, 11) is 1.47. The fourth-order valence-corrected chi connectivity index (χ4v) is 4.68. The smallest absolute Gasteiger partial charge is 0.272 e. The van der Waals surface area contributed by atoms with E-state index in [9.17, 15) is 14.0 Å². The van der Waals surface area contributed by atoms with Gasteiger partial charge in [0.15, 0.2) is 0 Å². The number of amides is 1. The molecule has 3 N–H and O–H groups in total. The number of halogens is 1. The Labute approximate surface area is 218 Å². The number of fused-ring (bicyclic) bond motifs is 1. The number of benzene rings is 2. The van der Waals surface area contributed by atoms with Crippen LogP contribution in [0.5, 0.6) is 5.75 Å². The van der Waals surface area contributed by atoms with Gasteiger partial charge in [0.2, 0.25) is 0 Å². The summed E-state index contributed by atoms with van der Waals surface area (Å²) in [6, 6.07) is 9.64. The highest BCUT2D eigenvalue weighted by Crippen LogP contribution is 2.28. The van der Waals surface area contributed by atoms with Crippen molar-refractivity contribution in [3.8, 4) is 5.75 Å². The van der Waals surface area contributed by atoms with Crippen molar-refractivity contribution in [3.63, 3.8) is 0 Å². The van der Waals surface area contributed by atoms with Crippen molar-refractivity contribution in [1.29, 1.82) is 10.8 Å². The first-order valence-corrected chi connectivity index (χ1v) is 12.5. The van der Waals surface area contributed by atoms with Crippen molar-refractivity contribution in [2.45, 2.75) is 31.8 Å². The fourth-order valence-electron chi connectivity index (χ4n) is 4.68. The number of ether oxygens (including phenoxy) is 2. The van der Waals surface area contributed by atoms with Crippen molar-refractivity contribution in [1.82, 2.24) is 20.0 Å². The van der Waals surface area contributed by atoms with Gasteiger partial charge >= 0.3 is 0 Å². The zero-order chi connectivity index (χ0) is 26.8. The first-order chi connectivity index (χ1) is 18.3. The van der Waals surface area contributed by atoms with Gasteiger partial charge in [0.1, 0.15) is 29.8 Å². The molecule has 0 bridgehead atoms. The summed E-state index contributed by atoms with van der Waals surface area (Å²) < 4.78 is 25.8. The lowest BCUT2D eigenvalue weighted by atomic mass is 9.96. The van der Waals surface area contributed by atoms with E-state index in [2.05, 4.69) is 10.2 Å². The van der Waals surface area contributed by atoms with Crippen LogP contribution in [0.15, 0.2) is 41.2 Å². The zero-order valence-electron chi connectivity index (χ0n) is 21.1. The van der Waals surface area contributed by atoms with Gasteiger partial charge in [0.05, 0.1) is 29.3 Å². The lowest BCUT2D eigenvalue weighted by Gasteiger charge is -2.36. The predicted molar refractivity (Wildman–Crippen MR) is 140 cm³/mol. The normalized spacial score (nSPS) is 16.0. The van der Waals surface area contributed by atoms with Gasteiger partial charge in [-0.05, 0) is 55.2 Å². The first kappa shape index (κ1) is 25.5. The molecule has 1 saturated heterocycles. The Morgan fingerprint density at radius 1 is 1.18 bits per heavy atom. The molecule has 2 fully saturated rings. The molecule has 1 aromatic heterocycles. The molecule has 0 spiro atoms. The maximum atomic E-state index is 14.8. The Balaban J connectivity index is 1.37. The summed E-state index contributed by atoms with van der Waals surface area (Å²) in [6.07, 6.45) is 3.61. The van der Waals surface area contributed by atoms with Crippen LogP contribution in [-0.4, -0.2) is 77.0 Å². The molecule has 5 rings (SSSR count). The van der Waals surface area contributed by atoms with Crippen LogP contribution in [0, 0.1) is 16.6 Å². The summed E-state index contributed by atoms with van der Waals surface area (Å²) in [4.78, 5) is 28.5. The van der Waals surface area contributed by atoms with E-state index in [1.54, 1.807) is 18.2 Å². The fraction of sp³-hybridized carbons (Fsp3) is 0.370. The third kappa shape index (κ3) is 5.14. The Bertz CT molecular complexity index is 1470. The zero-order valence-corrected chi connectivity index (χ0v) is 21.1. The minimum absolute atomic E-state index is 0.0372. The maximum absolute atomic E-state index is 14.8. The standard InChI is InChI=1S/C27H29FN6O4/c1-37-15-25(30)34-10-9-33(14-24(34)29)27(36)21-11-16(5-8-22(21)28)12-23-20-13-18(38-17-3-2-4-17)6-7-19(20)26(35)32-31-23/h5-8,11,13,17,29-30H,2-4,9-10,12,14-15H2,1H3,(H,32,35). The van der Waals surface area contributed by atoms with Crippen LogP contribution in [0.3, 0.4) is 0 Å². The maximum Gasteiger partial charge on any atom is 0.272 e. The second-order valence-electron chi connectivity index (χ2n) is 9.57.